The van der Waals surface area contributed by atoms with Crippen LogP contribution in [-0.4, -0.2) is 12.5 Å². The molecule has 7 heteroatoms. The molecule has 0 aliphatic carbocycles. The number of amides is 1. The molecule has 2 N–H and O–H groups in total. The van der Waals surface area contributed by atoms with Crippen LogP contribution in [0.15, 0.2) is 36.4 Å². The number of nitrogens with one attached hydrogen (secondary N) is 2. The standard InChI is InChI=1S/C17H14ClF3N2O/c18-13-5-1-4-12(17(19,20)21)15(13)16(24)23-11-7-6-10-3-2-8-22-14(10)9-11/h1,4-7,9,22H,2-3,8H2,(H,23,24). The molecule has 1 aliphatic rings. The largest absolute Gasteiger partial charge is 0.417 e. The van der Waals surface area contributed by atoms with Gasteiger partial charge in [-0.1, -0.05) is 23.7 Å². The fourth-order valence-electron chi connectivity index (χ4n) is 2.72. The van der Waals surface area contributed by atoms with Crippen molar-refractivity contribution in [2.45, 2.75) is 19.0 Å². The Morgan fingerprint density at radius 1 is 1.21 bits per heavy atom. The predicted molar refractivity (Wildman–Crippen MR) is 87.7 cm³/mol. The Balaban J connectivity index is 1.91. The van der Waals surface area contributed by atoms with E-state index in [0.717, 1.165) is 36.7 Å². The minimum absolute atomic E-state index is 0.238. The second-order valence-corrected chi connectivity index (χ2v) is 5.92. The van der Waals surface area contributed by atoms with E-state index >= 15 is 0 Å². The van der Waals surface area contributed by atoms with Gasteiger partial charge in [0.2, 0.25) is 0 Å². The molecule has 0 unspecified atom stereocenters. The lowest BCUT2D eigenvalue weighted by Gasteiger charge is -2.19. The first-order chi connectivity index (χ1) is 11.4. The van der Waals surface area contributed by atoms with Crippen LogP contribution in [0.5, 0.6) is 0 Å². The lowest BCUT2D eigenvalue weighted by molar-refractivity contribution is -0.137. The average Bonchev–Trinajstić information content (AvgIpc) is 2.53. The fourth-order valence-corrected chi connectivity index (χ4v) is 2.98. The molecule has 0 radical (unpaired) electrons. The highest BCUT2D eigenvalue weighted by molar-refractivity contribution is 6.34. The summed E-state index contributed by atoms with van der Waals surface area (Å²) < 4.78 is 39.3. The maximum Gasteiger partial charge on any atom is 0.417 e. The van der Waals surface area contributed by atoms with E-state index in [4.69, 9.17) is 11.6 Å². The molecule has 0 bridgehead atoms. The van der Waals surface area contributed by atoms with Crippen molar-refractivity contribution in [2.24, 2.45) is 0 Å². The SMILES string of the molecule is O=C(Nc1ccc2c(c1)NCCC2)c1c(Cl)cccc1C(F)(F)F. The molecule has 1 amide bonds. The molecule has 1 aliphatic heterocycles. The monoisotopic (exact) mass is 354 g/mol. The van der Waals surface area contributed by atoms with Crippen molar-refractivity contribution in [1.29, 1.82) is 0 Å². The number of rotatable bonds is 2. The van der Waals surface area contributed by atoms with Crippen LogP contribution in [0.2, 0.25) is 5.02 Å². The number of hydrogen-bond donors (Lipinski definition) is 2. The van der Waals surface area contributed by atoms with Gasteiger partial charge in [0, 0.05) is 17.9 Å². The van der Waals surface area contributed by atoms with Gasteiger partial charge in [0.05, 0.1) is 16.1 Å². The van der Waals surface area contributed by atoms with Gasteiger partial charge >= 0.3 is 6.18 Å². The minimum atomic E-state index is -4.66. The normalized spacial score (nSPS) is 13.8. The van der Waals surface area contributed by atoms with E-state index in [2.05, 4.69) is 10.6 Å². The van der Waals surface area contributed by atoms with E-state index in [1.807, 2.05) is 6.07 Å². The van der Waals surface area contributed by atoms with Gasteiger partial charge in [0.1, 0.15) is 0 Å². The van der Waals surface area contributed by atoms with E-state index in [0.29, 0.717) is 5.69 Å². The highest BCUT2D eigenvalue weighted by atomic mass is 35.5. The molecule has 126 valence electrons. The quantitative estimate of drug-likeness (QED) is 0.799. The summed E-state index contributed by atoms with van der Waals surface area (Å²) >= 11 is 5.84. The van der Waals surface area contributed by atoms with Crippen LogP contribution in [0.1, 0.15) is 27.9 Å². The van der Waals surface area contributed by atoms with Gasteiger partial charge in [-0.2, -0.15) is 13.2 Å². The average molecular weight is 355 g/mol. The molecule has 0 aromatic heterocycles. The first-order valence-corrected chi connectivity index (χ1v) is 7.78. The van der Waals surface area contributed by atoms with Crippen LogP contribution in [-0.2, 0) is 12.6 Å². The molecule has 0 atom stereocenters. The number of hydrogen-bond acceptors (Lipinski definition) is 2. The Labute approximate surface area is 141 Å². The van der Waals surface area contributed by atoms with E-state index < -0.39 is 23.2 Å². The summed E-state index contributed by atoms with van der Waals surface area (Å²) in [4.78, 5) is 12.4. The summed E-state index contributed by atoms with van der Waals surface area (Å²) in [5, 5.41) is 5.47. The highest BCUT2D eigenvalue weighted by Crippen LogP contribution is 2.35. The summed E-state index contributed by atoms with van der Waals surface area (Å²) in [6, 6.07) is 8.53. The molecular formula is C17H14ClF3N2O. The number of carbonyl (C=O) groups is 1. The van der Waals surface area contributed by atoms with Crippen molar-refractivity contribution >= 4 is 28.9 Å². The van der Waals surface area contributed by atoms with Gasteiger partial charge in [-0.15, -0.1) is 0 Å². The van der Waals surface area contributed by atoms with Gasteiger partial charge in [-0.25, -0.2) is 0 Å². The van der Waals surface area contributed by atoms with Crippen LogP contribution in [0, 0.1) is 0 Å². The van der Waals surface area contributed by atoms with Crippen molar-refractivity contribution in [1.82, 2.24) is 0 Å². The van der Waals surface area contributed by atoms with Crippen LogP contribution in [0.4, 0.5) is 24.5 Å². The van der Waals surface area contributed by atoms with E-state index in [-0.39, 0.29) is 5.02 Å². The number of benzene rings is 2. The first-order valence-electron chi connectivity index (χ1n) is 7.40. The number of aryl methyl sites for hydroxylation is 1. The molecule has 0 saturated carbocycles. The van der Waals surface area contributed by atoms with Gasteiger partial charge in [0.15, 0.2) is 0 Å². The molecular weight excluding hydrogens is 341 g/mol. The second-order valence-electron chi connectivity index (χ2n) is 5.52. The lowest BCUT2D eigenvalue weighted by Crippen LogP contribution is -2.20. The Kier molecular flexibility index (Phi) is 4.41. The topological polar surface area (TPSA) is 41.1 Å². The van der Waals surface area contributed by atoms with Crippen LogP contribution >= 0.6 is 11.6 Å². The lowest BCUT2D eigenvalue weighted by atomic mass is 10.0. The molecule has 1 heterocycles. The molecule has 24 heavy (non-hydrogen) atoms. The summed E-state index contributed by atoms with van der Waals surface area (Å²) in [5.74, 6) is -0.885. The summed E-state index contributed by atoms with van der Waals surface area (Å²) in [5.41, 5.74) is 0.796. The minimum Gasteiger partial charge on any atom is -0.385 e. The summed E-state index contributed by atoms with van der Waals surface area (Å²) in [6.45, 7) is 0.827. The Hall–Kier alpha value is -2.21. The third kappa shape index (κ3) is 3.33. The van der Waals surface area contributed by atoms with Crippen molar-refractivity contribution < 1.29 is 18.0 Å². The van der Waals surface area contributed by atoms with E-state index in [9.17, 15) is 18.0 Å². The van der Waals surface area contributed by atoms with Crippen molar-refractivity contribution in [3.8, 4) is 0 Å². The third-order valence-corrected chi connectivity index (χ3v) is 4.17. The molecule has 0 saturated heterocycles. The van der Waals surface area contributed by atoms with Gasteiger partial charge in [-0.3, -0.25) is 4.79 Å². The third-order valence-electron chi connectivity index (χ3n) is 3.85. The Bertz CT molecular complexity index is 790. The number of anilines is 2. The van der Waals surface area contributed by atoms with Crippen molar-refractivity contribution in [2.75, 3.05) is 17.2 Å². The maximum absolute atomic E-state index is 13.1. The van der Waals surface area contributed by atoms with Gasteiger partial charge in [-0.05, 0) is 42.7 Å². The number of fused-ring (bicyclic) bond motifs is 1. The van der Waals surface area contributed by atoms with Crippen molar-refractivity contribution in [3.63, 3.8) is 0 Å². The Morgan fingerprint density at radius 3 is 2.75 bits per heavy atom. The number of alkyl halides is 3. The fraction of sp³-hybridized carbons (Fsp3) is 0.235. The van der Waals surface area contributed by atoms with E-state index in [1.54, 1.807) is 12.1 Å². The van der Waals surface area contributed by atoms with Crippen LogP contribution < -0.4 is 10.6 Å². The van der Waals surface area contributed by atoms with Crippen LogP contribution in [0.25, 0.3) is 0 Å². The number of carbonyl (C=O) groups excluding carboxylic acids is 1. The zero-order valence-electron chi connectivity index (χ0n) is 12.5. The zero-order chi connectivity index (χ0) is 17.3. The highest BCUT2D eigenvalue weighted by Gasteiger charge is 2.36. The number of halogens is 4. The molecule has 2 aromatic carbocycles. The zero-order valence-corrected chi connectivity index (χ0v) is 13.3. The molecule has 3 rings (SSSR count). The van der Waals surface area contributed by atoms with E-state index in [1.165, 1.54) is 12.1 Å². The molecule has 0 fully saturated rings. The van der Waals surface area contributed by atoms with Gasteiger partial charge in [0.25, 0.3) is 5.91 Å². The molecule has 0 spiro atoms. The van der Waals surface area contributed by atoms with Crippen LogP contribution in [0.3, 0.4) is 0 Å². The maximum atomic E-state index is 13.1. The molecule has 3 nitrogen and oxygen atoms in total. The smallest absolute Gasteiger partial charge is 0.385 e. The first kappa shape index (κ1) is 16.6. The summed E-state index contributed by atoms with van der Waals surface area (Å²) in [6.07, 6.45) is -2.71. The van der Waals surface area contributed by atoms with Gasteiger partial charge < -0.3 is 10.6 Å². The predicted octanol–water partition coefficient (Wildman–Crippen LogP) is 4.97. The second kappa shape index (κ2) is 6.36. The summed E-state index contributed by atoms with van der Waals surface area (Å²) in [7, 11) is 0. The Morgan fingerprint density at radius 2 is 2.00 bits per heavy atom. The molecule has 2 aromatic rings. The van der Waals surface area contributed by atoms with Crippen molar-refractivity contribution in [3.05, 3.63) is 58.1 Å².